The summed E-state index contributed by atoms with van der Waals surface area (Å²) in [5.74, 6) is -4.42. The van der Waals surface area contributed by atoms with Crippen molar-refractivity contribution in [1.29, 1.82) is 5.26 Å². The number of benzene rings is 1. The molecule has 0 bridgehead atoms. The standard InChI is InChI=1S/C25H29F2N5O3.2H2S/c26-25(27)8-5-15(6-9-25)11-20(23(34)30-18(14-28)12-17-7-10-29-22(17)33)32-24(35)21-13-16-3-1-2-4-19(16)31-21;;/h1-4,13,15,17-18,20,31H,5-12H2,(H,29,33)(H,30,34)(H,32,35);2*1H2/t17?,18-,20-;;/m0../s1. The number of H-pyrrole nitrogens is 1. The summed E-state index contributed by atoms with van der Waals surface area (Å²) in [6.45, 7) is 0.533. The molecule has 0 radical (unpaired) electrons. The smallest absolute Gasteiger partial charge is 0.268 e. The van der Waals surface area contributed by atoms with E-state index in [0.717, 1.165) is 10.9 Å². The molecule has 1 aromatic carbocycles. The molecule has 2 fully saturated rings. The number of carbonyl (C=O) groups excluding carboxylic acids is 3. The fraction of sp³-hybridized carbons (Fsp3) is 0.520. The van der Waals surface area contributed by atoms with Gasteiger partial charge in [0.15, 0.2) is 0 Å². The minimum absolute atomic E-state index is 0. The zero-order valence-electron chi connectivity index (χ0n) is 20.3. The van der Waals surface area contributed by atoms with Gasteiger partial charge in [-0.25, -0.2) is 8.78 Å². The molecule has 2 aromatic rings. The van der Waals surface area contributed by atoms with Crippen molar-refractivity contribution in [2.75, 3.05) is 6.54 Å². The van der Waals surface area contributed by atoms with Crippen LogP contribution in [0.2, 0.25) is 0 Å². The highest BCUT2D eigenvalue weighted by Gasteiger charge is 2.37. The van der Waals surface area contributed by atoms with Gasteiger partial charge in [-0.2, -0.15) is 32.3 Å². The van der Waals surface area contributed by atoms with Gasteiger partial charge in [-0.3, -0.25) is 14.4 Å². The average Bonchev–Trinajstić information content (AvgIpc) is 3.45. The van der Waals surface area contributed by atoms with Gasteiger partial charge < -0.3 is 20.9 Å². The van der Waals surface area contributed by atoms with Gasteiger partial charge in [0.1, 0.15) is 17.8 Å². The highest BCUT2D eigenvalue weighted by Crippen LogP contribution is 2.38. The van der Waals surface area contributed by atoms with E-state index >= 15 is 0 Å². The molecule has 3 amide bonds. The van der Waals surface area contributed by atoms with E-state index in [1.54, 1.807) is 6.07 Å². The third kappa shape index (κ3) is 7.85. The maximum Gasteiger partial charge on any atom is 0.268 e. The van der Waals surface area contributed by atoms with Crippen molar-refractivity contribution in [2.24, 2.45) is 11.8 Å². The van der Waals surface area contributed by atoms with Crippen LogP contribution in [0.25, 0.3) is 10.9 Å². The molecule has 3 atom stereocenters. The second-order valence-electron chi connectivity index (χ2n) is 9.53. The van der Waals surface area contributed by atoms with Crippen LogP contribution in [0.15, 0.2) is 30.3 Å². The summed E-state index contributed by atoms with van der Waals surface area (Å²) in [6.07, 6.45) is 0.956. The molecule has 4 rings (SSSR count). The molecule has 1 unspecified atom stereocenters. The number of nitriles is 1. The summed E-state index contributed by atoms with van der Waals surface area (Å²) < 4.78 is 27.3. The Balaban J connectivity index is 0.00000241. The molecule has 1 saturated heterocycles. The second kappa shape index (κ2) is 13.1. The van der Waals surface area contributed by atoms with E-state index in [9.17, 15) is 28.4 Å². The number of rotatable bonds is 8. The number of nitrogens with one attached hydrogen (secondary N) is 4. The lowest BCUT2D eigenvalue weighted by atomic mass is 9.82. The van der Waals surface area contributed by atoms with Gasteiger partial charge in [0.05, 0.1) is 6.07 Å². The summed E-state index contributed by atoms with van der Waals surface area (Å²) in [7, 11) is 0. The van der Waals surface area contributed by atoms with Gasteiger partial charge >= 0.3 is 0 Å². The van der Waals surface area contributed by atoms with E-state index < -0.39 is 29.8 Å². The Labute approximate surface area is 228 Å². The molecule has 1 aromatic heterocycles. The number of halogens is 2. The molecule has 1 aliphatic heterocycles. The monoisotopic (exact) mass is 553 g/mol. The summed E-state index contributed by atoms with van der Waals surface area (Å²) in [5, 5.41) is 18.5. The lowest BCUT2D eigenvalue weighted by Crippen LogP contribution is -2.51. The Morgan fingerprint density at radius 1 is 1.11 bits per heavy atom. The molecule has 37 heavy (non-hydrogen) atoms. The number of carbonyl (C=O) groups is 3. The Kier molecular flexibility index (Phi) is 10.8. The van der Waals surface area contributed by atoms with E-state index in [-0.39, 0.29) is 89.0 Å². The molecule has 2 aliphatic rings. The summed E-state index contributed by atoms with van der Waals surface area (Å²) in [6, 6.07) is 9.16. The largest absolute Gasteiger partial charge is 0.356 e. The molecular formula is C25H33F2N5O3S2. The lowest BCUT2D eigenvalue weighted by Gasteiger charge is -2.31. The molecule has 12 heteroatoms. The fourth-order valence-corrected chi connectivity index (χ4v) is 4.90. The Morgan fingerprint density at radius 3 is 2.43 bits per heavy atom. The Bertz CT molecular complexity index is 1110. The number of aromatic amines is 1. The quantitative estimate of drug-likeness (QED) is 0.400. The van der Waals surface area contributed by atoms with Crippen molar-refractivity contribution in [3.63, 3.8) is 0 Å². The van der Waals surface area contributed by atoms with E-state index in [0.29, 0.717) is 13.0 Å². The van der Waals surface area contributed by atoms with Crippen LogP contribution in [0.5, 0.6) is 0 Å². The summed E-state index contributed by atoms with van der Waals surface area (Å²) >= 11 is 0. The number of aromatic nitrogens is 1. The zero-order valence-corrected chi connectivity index (χ0v) is 22.3. The van der Waals surface area contributed by atoms with Crippen LogP contribution in [0.1, 0.15) is 55.4 Å². The van der Waals surface area contributed by atoms with Crippen LogP contribution in [0.3, 0.4) is 0 Å². The number of amides is 3. The first-order valence-electron chi connectivity index (χ1n) is 12.0. The second-order valence-corrected chi connectivity index (χ2v) is 9.53. The van der Waals surface area contributed by atoms with Gasteiger partial charge in [0, 0.05) is 36.2 Å². The van der Waals surface area contributed by atoms with E-state index in [2.05, 4.69) is 20.9 Å². The van der Waals surface area contributed by atoms with Gasteiger partial charge in [0.2, 0.25) is 17.7 Å². The van der Waals surface area contributed by atoms with Gasteiger partial charge in [-0.1, -0.05) is 18.2 Å². The predicted molar refractivity (Wildman–Crippen MR) is 145 cm³/mol. The van der Waals surface area contributed by atoms with Crippen molar-refractivity contribution in [2.45, 2.75) is 63.0 Å². The van der Waals surface area contributed by atoms with E-state index in [4.69, 9.17) is 0 Å². The van der Waals surface area contributed by atoms with Crippen molar-refractivity contribution in [3.05, 3.63) is 36.0 Å². The van der Waals surface area contributed by atoms with E-state index in [1.807, 2.05) is 30.3 Å². The highest BCUT2D eigenvalue weighted by molar-refractivity contribution is 7.59. The predicted octanol–water partition coefficient (Wildman–Crippen LogP) is 3.24. The van der Waals surface area contributed by atoms with Crippen LogP contribution >= 0.6 is 27.0 Å². The lowest BCUT2D eigenvalue weighted by molar-refractivity contribution is -0.125. The summed E-state index contributed by atoms with van der Waals surface area (Å²) in [5.41, 5.74) is 1.05. The first kappa shape index (κ1) is 30.4. The highest BCUT2D eigenvalue weighted by atomic mass is 32.1. The molecule has 1 aliphatic carbocycles. The number of para-hydroxylation sites is 1. The molecule has 1 saturated carbocycles. The van der Waals surface area contributed by atoms with Crippen LogP contribution in [0, 0.1) is 23.2 Å². The normalized spacial score (nSPS) is 20.5. The third-order valence-corrected chi connectivity index (χ3v) is 6.96. The van der Waals surface area contributed by atoms with Gasteiger partial charge in [-0.05, 0) is 50.2 Å². The number of alkyl halides is 2. The topological polar surface area (TPSA) is 127 Å². The Morgan fingerprint density at radius 2 is 1.81 bits per heavy atom. The van der Waals surface area contributed by atoms with Crippen LogP contribution in [0.4, 0.5) is 8.78 Å². The zero-order chi connectivity index (χ0) is 25.0. The summed E-state index contributed by atoms with van der Waals surface area (Å²) in [4.78, 5) is 41.1. The van der Waals surface area contributed by atoms with Gasteiger partial charge in [0.25, 0.3) is 5.91 Å². The number of hydrogen-bond acceptors (Lipinski definition) is 4. The molecule has 4 N–H and O–H groups in total. The van der Waals surface area contributed by atoms with Crippen molar-refractivity contribution >= 4 is 55.6 Å². The third-order valence-electron chi connectivity index (χ3n) is 6.96. The molecule has 202 valence electrons. The molecule has 2 heterocycles. The average molecular weight is 554 g/mol. The van der Waals surface area contributed by atoms with Crippen LogP contribution < -0.4 is 16.0 Å². The van der Waals surface area contributed by atoms with Crippen molar-refractivity contribution in [3.8, 4) is 6.07 Å². The van der Waals surface area contributed by atoms with Crippen molar-refractivity contribution < 1.29 is 23.2 Å². The first-order valence-corrected chi connectivity index (χ1v) is 12.0. The number of fused-ring (bicyclic) bond motifs is 1. The number of nitrogens with zero attached hydrogens (tertiary/aromatic N) is 1. The Hall–Kier alpha value is -2.78. The van der Waals surface area contributed by atoms with Gasteiger partial charge in [-0.15, -0.1) is 0 Å². The first-order chi connectivity index (χ1) is 16.7. The van der Waals surface area contributed by atoms with Crippen LogP contribution in [-0.2, 0) is 9.59 Å². The minimum atomic E-state index is -2.70. The number of hydrogen-bond donors (Lipinski definition) is 4. The fourth-order valence-electron chi connectivity index (χ4n) is 4.90. The van der Waals surface area contributed by atoms with E-state index in [1.165, 1.54) is 0 Å². The SMILES string of the molecule is N#C[C@H](CC1CCNC1=O)NC(=O)[C@H](CC1CCC(F)(F)CC1)NC(=O)c1cc2ccccc2[nH]1.S.S. The maximum absolute atomic E-state index is 13.6. The molecule has 8 nitrogen and oxygen atoms in total. The van der Waals surface area contributed by atoms with Crippen LogP contribution in [-0.4, -0.2) is 47.3 Å². The minimum Gasteiger partial charge on any atom is -0.356 e. The maximum atomic E-state index is 13.6. The van der Waals surface area contributed by atoms with Crippen molar-refractivity contribution in [1.82, 2.24) is 20.9 Å². The molecular weight excluding hydrogens is 520 g/mol. The molecule has 0 spiro atoms.